The first-order chi connectivity index (χ1) is 14.1. The summed E-state index contributed by atoms with van der Waals surface area (Å²) in [5.41, 5.74) is 11.5. The first kappa shape index (κ1) is 19.2. The Hall–Kier alpha value is -3.11. The highest BCUT2D eigenvalue weighted by Crippen LogP contribution is 2.40. The Balaban J connectivity index is 1.50. The van der Waals surface area contributed by atoms with Crippen molar-refractivity contribution < 1.29 is 14.6 Å². The minimum Gasteiger partial charge on any atom is -0.489 e. The monoisotopic (exact) mass is 387 g/mol. The van der Waals surface area contributed by atoms with Gasteiger partial charge >= 0.3 is 5.97 Å². The Kier molecular flexibility index (Phi) is 5.63. The quantitative estimate of drug-likeness (QED) is 0.572. The molecule has 4 rings (SSSR count). The van der Waals surface area contributed by atoms with Crippen molar-refractivity contribution >= 4 is 5.97 Å². The molecule has 1 fully saturated rings. The summed E-state index contributed by atoms with van der Waals surface area (Å²) in [6, 6.07) is 24.1. The molecule has 4 nitrogen and oxygen atoms in total. The van der Waals surface area contributed by atoms with Crippen LogP contribution in [0.4, 0.5) is 0 Å². The number of benzene rings is 3. The molecule has 1 unspecified atom stereocenters. The molecule has 1 aliphatic rings. The first-order valence-electron chi connectivity index (χ1n) is 9.97. The third-order valence-electron chi connectivity index (χ3n) is 5.37. The zero-order valence-electron chi connectivity index (χ0n) is 16.3. The average Bonchev–Trinajstić information content (AvgIpc) is 3.58. The summed E-state index contributed by atoms with van der Waals surface area (Å²) in [7, 11) is 0. The SMILES string of the molecule is NC(c1cccc(-c2cccc(COc3ccccc3CC(=O)O)c2)c1)C1CC1. The predicted molar refractivity (Wildman–Crippen MR) is 114 cm³/mol. The molecule has 4 heteroatoms. The van der Waals surface area contributed by atoms with E-state index in [0.29, 0.717) is 23.8 Å². The zero-order chi connectivity index (χ0) is 20.2. The van der Waals surface area contributed by atoms with E-state index < -0.39 is 5.97 Å². The van der Waals surface area contributed by atoms with E-state index in [9.17, 15) is 4.79 Å². The molecule has 0 amide bonds. The summed E-state index contributed by atoms with van der Waals surface area (Å²) in [6.07, 6.45) is 2.40. The van der Waals surface area contributed by atoms with Gasteiger partial charge in [0.15, 0.2) is 0 Å². The molecule has 0 aliphatic heterocycles. The Morgan fingerprint density at radius 2 is 1.72 bits per heavy atom. The van der Waals surface area contributed by atoms with Crippen LogP contribution >= 0.6 is 0 Å². The van der Waals surface area contributed by atoms with E-state index in [1.54, 1.807) is 6.07 Å². The number of aliphatic carboxylic acids is 1. The summed E-state index contributed by atoms with van der Waals surface area (Å²) in [4.78, 5) is 11.1. The lowest BCUT2D eigenvalue weighted by Gasteiger charge is -2.13. The van der Waals surface area contributed by atoms with Gasteiger partial charge in [-0.3, -0.25) is 4.79 Å². The number of carboxylic acid groups (broad SMARTS) is 1. The Morgan fingerprint density at radius 3 is 2.48 bits per heavy atom. The van der Waals surface area contributed by atoms with E-state index >= 15 is 0 Å². The van der Waals surface area contributed by atoms with Gasteiger partial charge in [-0.1, -0.05) is 54.6 Å². The lowest BCUT2D eigenvalue weighted by Crippen LogP contribution is -2.12. The van der Waals surface area contributed by atoms with Crippen molar-refractivity contribution in [3.8, 4) is 16.9 Å². The van der Waals surface area contributed by atoms with Crippen molar-refractivity contribution in [3.63, 3.8) is 0 Å². The molecule has 148 valence electrons. The standard InChI is InChI=1S/C25H25NO3/c26-25(18-11-12-18)22-9-4-8-20(14-22)19-7-3-5-17(13-19)16-29-23-10-2-1-6-21(23)15-24(27)28/h1-10,13-14,18,25H,11-12,15-16,26H2,(H,27,28). The molecule has 0 radical (unpaired) electrons. The molecule has 3 N–H and O–H groups in total. The van der Waals surface area contributed by atoms with Gasteiger partial charge in [-0.2, -0.15) is 0 Å². The molecule has 3 aromatic carbocycles. The van der Waals surface area contributed by atoms with Crippen LogP contribution in [-0.4, -0.2) is 11.1 Å². The molecule has 0 heterocycles. The second kappa shape index (κ2) is 8.50. The predicted octanol–water partition coefficient (Wildman–Crippen LogP) is 4.97. The fraction of sp³-hybridized carbons (Fsp3) is 0.240. The van der Waals surface area contributed by atoms with Gasteiger partial charge in [0.05, 0.1) is 6.42 Å². The molecule has 1 saturated carbocycles. The zero-order valence-corrected chi connectivity index (χ0v) is 16.3. The van der Waals surface area contributed by atoms with Gasteiger partial charge in [-0.25, -0.2) is 0 Å². The number of carboxylic acids is 1. The maximum absolute atomic E-state index is 11.1. The van der Waals surface area contributed by atoms with Crippen molar-refractivity contribution in [3.05, 3.63) is 89.5 Å². The lowest BCUT2D eigenvalue weighted by atomic mass is 9.97. The molecule has 0 bridgehead atoms. The number of rotatable bonds is 8. The summed E-state index contributed by atoms with van der Waals surface area (Å²) in [6.45, 7) is 0.381. The first-order valence-corrected chi connectivity index (χ1v) is 9.97. The molecule has 29 heavy (non-hydrogen) atoms. The number of ether oxygens (including phenoxy) is 1. The second-order valence-electron chi connectivity index (χ2n) is 7.66. The van der Waals surface area contributed by atoms with Crippen LogP contribution in [0.5, 0.6) is 5.75 Å². The maximum Gasteiger partial charge on any atom is 0.307 e. The van der Waals surface area contributed by atoms with Gasteiger partial charge in [0.1, 0.15) is 12.4 Å². The third-order valence-corrected chi connectivity index (χ3v) is 5.37. The summed E-state index contributed by atoms with van der Waals surface area (Å²) in [5.74, 6) is 0.362. The number of nitrogens with two attached hydrogens (primary N) is 1. The topological polar surface area (TPSA) is 72.5 Å². The largest absolute Gasteiger partial charge is 0.489 e. The number of carbonyl (C=O) groups is 1. The highest BCUT2D eigenvalue weighted by molar-refractivity contribution is 5.71. The van der Waals surface area contributed by atoms with E-state index in [1.807, 2.05) is 30.3 Å². The van der Waals surface area contributed by atoms with Crippen LogP contribution in [-0.2, 0) is 17.8 Å². The maximum atomic E-state index is 11.1. The van der Waals surface area contributed by atoms with Crippen LogP contribution in [0.2, 0.25) is 0 Å². The number of para-hydroxylation sites is 1. The van der Waals surface area contributed by atoms with E-state index in [0.717, 1.165) is 16.7 Å². The molecular formula is C25H25NO3. The number of hydrogen-bond donors (Lipinski definition) is 2. The minimum atomic E-state index is -0.868. The summed E-state index contributed by atoms with van der Waals surface area (Å²) < 4.78 is 5.93. The van der Waals surface area contributed by atoms with E-state index in [1.165, 1.54) is 18.4 Å². The van der Waals surface area contributed by atoms with E-state index in [2.05, 4.69) is 36.4 Å². The van der Waals surface area contributed by atoms with Crippen molar-refractivity contribution in [2.24, 2.45) is 11.7 Å². The molecule has 0 saturated heterocycles. The van der Waals surface area contributed by atoms with Gasteiger partial charge in [0.25, 0.3) is 0 Å². The molecule has 1 atom stereocenters. The fourth-order valence-corrected chi connectivity index (χ4v) is 3.61. The van der Waals surface area contributed by atoms with Gasteiger partial charge in [-0.05, 0) is 59.2 Å². The molecular weight excluding hydrogens is 362 g/mol. The number of hydrogen-bond acceptors (Lipinski definition) is 3. The van der Waals surface area contributed by atoms with Gasteiger partial charge in [0, 0.05) is 11.6 Å². The van der Waals surface area contributed by atoms with E-state index in [-0.39, 0.29) is 12.5 Å². The Labute approximate surface area is 171 Å². The summed E-state index contributed by atoms with van der Waals surface area (Å²) >= 11 is 0. The van der Waals surface area contributed by atoms with Crippen LogP contribution in [0.25, 0.3) is 11.1 Å². The minimum absolute atomic E-state index is 0.0513. The van der Waals surface area contributed by atoms with Crippen LogP contribution < -0.4 is 10.5 Å². The van der Waals surface area contributed by atoms with Crippen molar-refractivity contribution in [2.45, 2.75) is 31.9 Å². The second-order valence-corrected chi connectivity index (χ2v) is 7.66. The van der Waals surface area contributed by atoms with Crippen molar-refractivity contribution in [1.29, 1.82) is 0 Å². The Bertz CT molecular complexity index is 1010. The average molecular weight is 387 g/mol. The third kappa shape index (κ3) is 4.84. The highest BCUT2D eigenvalue weighted by atomic mass is 16.5. The van der Waals surface area contributed by atoms with Gasteiger partial charge < -0.3 is 15.6 Å². The van der Waals surface area contributed by atoms with Crippen molar-refractivity contribution in [1.82, 2.24) is 0 Å². The van der Waals surface area contributed by atoms with Gasteiger partial charge in [0.2, 0.25) is 0 Å². The van der Waals surface area contributed by atoms with Crippen molar-refractivity contribution in [2.75, 3.05) is 0 Å². The van der Waals surface area contributed by atoms with Gasteiger partial charge in [-0.15, -0.1) is 0 Å². The molecule has 1 aliphatic carbocycles. The highest BCUT2D eigenvalue weighted by Gasteiger charge is 2.29. The van der Waals surface area contributed by atoms with E-state index in [4.69, 9.17) is 15.6 Å². The van der Waals surface area contributed by atoms with Crippen LogP contribution in [0.15, 0.2) is 72.8 Å². The molecule has 0 aromatic heterocycles. The van der Waals surface area contributed by atoms with Crippen LogP contribution in [0, 0.1) is 5.92 Å². The van der Waals surface area contributed by atoms with Crippen LogP contribution in [0.3, 0.4) is 0 Å². The smallest absolute Gasteiger partial charge is 0.307 e. The fourth-order valence-electron chi connectivity index (χ4n) is 3.61. The lowest BCUT2D eigenvalue weighted by molar-refractivity contribution is -0.136. The summed E-state index contributed by atoms with van der Waals surface area (Å²) in [5, 5.41) is 9.07. The van der Waals surface area contributed by atoms with Crippen LogP contribution in [0.1, 0.15) is 35.6 Å². The Morgan fingerprint density at radius 1 is 1.00 bits per heavy atom. The molecule has 3 aromatic rings. The molecule has 0 spiro atoms. The normalized spacial score (nSPS) is 14.4.